The van der Waals surface area contributed by atoms with E-state index in [1.807, 2.05) is 0 Å². The first-order valence-electron chi connectivity index (χ1n) is 11.6. The van der Waals surface area contributed by atoms with Crippen LogP contribution in [0.3, 0.4) is 0 Å². The average Bonchev–Trinajstić information content (AvgIpc) is 3.29. The number of ether oxygens (including phenoxy) is 1. The van der Waals surface area contributed by atoms with Crippen LogP contribution in [0.1, 0.15) is 6.92 Å². The summed E-state index contributed by atoms with van der Waals surface area (Å²) in [5, 5.41) is 12.7. The molecule has 39 heavy (non-hydrogen) atoms. The minimum atomic E-state index is -4.27. The molecule has 2 atom stereocenters. The molecule has 0 radical (unpaired) electrons. The molecule has 210 valence electrons. The van der Waals surface area contributed by atoms with Gasteiger partial charge in [-0.2, -0.15) is 0 Å². The zero-order chi connectivity index (χ0) is 28.6. The first kappa shape index (κ1) is 29.6. The summed E-state index contributed by atoms with van der Waals surface area (Å²) in [5.74, 6) is -1.13. The third-order valence-electron chi connectivity index (χ3n) is 5.49. The number of aromatic nitrogens is 1. The van der Waals surface area contributed by atoms with Gasteiger partial charge in [0, 0.05) is 44.4 Å². The molecule has 0 aliphatic carbocycles. The Hall–Kier alpha value is -3.91. The standard InChI is InChI=1S/C23H28FN6O8P/c1-15(31)27-11-18-12-30(23(33)38-18)17-4-5-19(20(24)9-17)16-3-6-21(28-10-16)29(14-25)8-7-26-22(32)13-37-39(34,35)36-2/h3-6,9-10,14,18,25H,7-8,11-13H2,1-2H3,(H,26,32)(H,27,31)(H,34,35)/t18-/m0/s1. The molecule has 1 aliphatic heterocycles. The highest BCUT2D eigenvalue weighted by Crippen LogP contribution is 2.41. The Morgan fingerprint density at radius 2 is 2.13 bits per heavy atom. The van der Waals surface area contributed by atoms with E-state index >= 15 is 0 Å². The third-order valence-corrected chi connectivity index (χ3v) is 6.41. The van der Waals surface area contributed by atoms with Crippen LogP contribution >= 0.6 is 7.82 Å². The first-order chi connectivity index (χ1) is 18.5. The van der Waals surface area contributed by atoms with E-state index in [1.165, 1.54) is 35.1 Å². The number of rotatable bonds is 13. The summed E-state index contributed by atoms with van der Waals surface area (Å²) in [6.45, 7) is 1.22. The van der Waals surface area contributed by atoms with Gasteiger partial charge in [0.15, 0.2) is 0 Å². The third kappa shape index (κ3) is 8.29. The number of amides is 3. The zero-order valence-corrected chi connectivity index (χ0v) is 22.0. The molecule has 4 N–H and O–H groups in total. The SMILES string of the molecule is COP(=O)(O)OCC(=O)NCCN(C=N)c1ccc(-c2ccc(N3C[C@H](CNC(C)=O)OC3=O)cc2F)cn1. The highest BCUT2D eigenvalue weighted by Gasteiger charge is 2.32. The fourth-order valence-electron chi connectivity index (χ4n) is 3.52. The smallest absolute Gasteiger partial charge is 0.442 e. The second kappa shape index (κ2) is 13.2. The molecule has 1 saturated heterocycles. The topological polar surface area (TPSA) is 183 Å². The molecule has 1 fully saturated rings. The van der Waals surface area contributed by atoms with Gasteiger partial charge in [0.25, 0.3) is 0 Å². The van der Waals surface area contributed by atoms with Crippen molar-refractivity contribution in [2.75, 3.05) is 49.7 Å². The van der Waals surface area contributed by atoms with Crippen molar-refractivity contribution in [3.05, 3.63) is 42.3 Å². The van der Waals surface area contributed by atoms with Crippen LogP contribution in [-0.2, 0) is 27.9 Å². The summed E-state index contributed by atoms with van der Waals surface area (Å²) in [6, 6.07) is 7.48. The lowest BCUT2D eigenvalue weighted by Crippen LogP contribution is -2.36. The maximum atomic E-state index is 15.0. The molecule has 1 aromatic heterocycles. The number of halogens is 1. The Balaban J connectivity index is 1.58. The Labute approximate surface area is 223 Å². The molecule has 0 saturated carbocycles. The number of hydrogen-bond acceptors (Lipinski definition) is 9. The van der Waals surface area contributed by atoms with E-state index in [2.05, 4.69) is 24.7 Å². The van der Waals surface area contributed by atoms with Crippen LogP contribution in [0.4, 0.5) is 20.7 Å². The number of phosphoric ester groups is 1. The van der Waals surface area contributed by atoms with Crippen LogP contribution in [0.25, 0.3) is 11.1 Å². The Morgan fingerprint density at radius 1 is 1.36 bits per heavy atom. The number of nitrogens with zero attached hydrogens (tertiary/aromatic N) is 3. The molecule has 14 nitrogen and oxygen atoms in total. The van der Waals surface area contributed by atoms with Crippen LogP contribution < -0.4 is 20.4 Å². The van der Waals surface area contributed by atoms with Crippen molar-refractivity contribution < 1.29 is 42.0 Å². The molecule has 16 heteroatoms. The summed E-state index contributed by atoms with van der Waals surface area (Å²) in [7, 11) is -3.29. The second-order valence-electron chi connectivity index (χ2n) is 8.22. The highest BCUT2D eigenvalue weighted by atomic mass is 31.2. The first-order valence-corrected chi connectivity index (χ1v) is 13.1. The Kier molecular flexibility index (Phi) is 10.1. The van der Waals surface area contributed by atoms with Crippen LogP contribution in [-0.4, -0.2) is 80.1 Å². The lowest BCUT2D eigenvalue weighted by molar-refractivity contribution is -0.123. The van der Waals surface area contributed by atoms with E-state index in [1.54, 1.807) is 18.2 Å². The van der Waals surface area contributed by atoms with Gasteiger partial charge in [0.05, 0.1) is 25.1 Å². The minimum Gasteiger partial charge on any atom is -0.442 e. The molecule has 3 rings (SSSR count). The molecule has 0 bridgehead atoms. The summed E-state index contributed by atoms with van der Waals surface area (Å²) in [4.78, 5) is 51.1. The predicted molar refractivity (Wildman–Crippen MR) is 138 cm³/mol. The van der Waals surface area contributed by atoms with Crippen LogP contribution in [0, 0.1) is 11.2 Å². The molecule has 1 unspecified atom stereocenters. The summed E-state index contributed by atoms with van der Waals surface area (Å²) in [6.07, 6.45) is 1.24. The number of hydrogen-bond donors (Lipinski definition) is 4. The molecular weight excluding hydrogens is 538 g/mol. The van der Waals surface area contributed by atoms with Gasteiger partial charge in [-0.05, 0) is 30.3 Å². The minimum absolute atomic E-state index is 0.0738. The molecule has 1 aromatic carbocycles. The lowest BCUT2D eigenvalue weighted by Gasteiger charge is -2.19. The van der Waals surface area contributed by atoms with Crippen molar-refractivity contribution in [2.45, 2.75) is 13.0 Å². The molecule has 1 aliphatic rings. The number of cyclic esters (lactones) is 1. The van der Waals surface area contributed by atoms with E-state index in [9.17, 15) is 23.3 Å². The highest BCUT2D eigenvalue weighted by molar-refractivity contribution is 7.47. The van der Waals surface area contributed by atoms with Gasteiger partial charge < -0.3 is 25.2 Å². The Morgan fingerprint density at radius 3 is 2.74 bits per heavy atom. The molecular formula is C23H28FN6O8P. The van der Waals surface area contributed by atoms with E-state index in [-0.39, 0.29) is 37.6 Å². The molecule has 0 spiro atoms. The van der Waals surface area contributed by atoms with Gasteiger partial charge in [-0.15, -0.1) is 0 Å². The van der Waals surface area contributed by atoms with Crippen molar-refractivity contribution in [1.29, 1.82) is 5.41 Å². The number of anilines is 2. The molecule has 3 amide bonds. The normalized spacial score (nSPS) is 16.3. The summed E-state index contributed by atoms with van der Waals surface area (Å²) in [5.41, 5.74) is 1.01. The zero-order valence-electron chi connectivity index (χ0n) is 21.1. The predicted octanol–water partition coefficient (Wildman–Crippen LogP) is 1.64. The van der Waals surface area contributed by atoms with E-state index in [0.717, 1.165) is 13.4 Å². The van der Waals surface area contributed by atoms with Crippen molar-refractivity contribution in [1.82, 2.24) is 15.6 Å². The number of benzene rings is 1. The van der Waals surface area contributed by atoms with Crippen LogP contribution in [0.5, 0.6) is 0 Å². The van der Waals surface area contributed by atoms with Crippen LogP contribution in [0.15, 0.2) is 36.5 Å². The quantitative estimate of drug-likeness (QED) is 0.158. The van der Waals surface area contributed by atoms with E-state index < -0.39 is 38.4 Å². The van der Waals surface area contributed by atoms with Crippen LogP contribution in [0.2, 0.25) is 0 Å². The van der Waals surface area contributed by atoms with E-state index in [4.69, 9.17) is 15.0 Å². The summed E-state index contributed by atoms with van der Waals surface area (Å²) < 4.78 is 40.1. The van der Waals surface area contributed by atoms with E-state index in [0.29, 0.717) is 17.1 Å². The maximum Gasteiger partial charge on any atom is 0.472 e. The Bertz CT molecular complexity index is 1260. The largest absolute Gasteiger partial charge is 0.472 e. The van der Waals surface area contributed by atoms with Crippen molar-refractivity contribution in [3.63, 3.8) is 0 Å². The average molecular weight is 566 g/mol. The van der Waals surface area contributed by atoms with Crippen molar-refractivity contribution in [3.8, 4) is 11.1 Å². The van der Waals surface area contributed by atoms with Crippen molar-refractivity contribution in [2.24, 2.45) is 0 Å². The molecule has 2 aromatic rings. The maximum absolute atomic E-state index is 15.0. The monoisotopic (exact) mass is 566 g/mol. The number of nitrogens with one attached hydrogen (secondary N) is 3. The van der Waals surface area contributed by atoms with Gasteiger partial charge in [-0.3, -0.25) is 28.9 Å². The number of pyridine rings is 1. The number of carbonyl (C=O) groups is 3. The fraction of sp³-hybridized carbons (Fsp3) is 0.348. The van der Waals surface area contributed by atoms with Gasteiger partial charge in [-0.1, -0.05) is 0 Å². The van der Waals surface area contributed by atoms with Gasteiger partial charge in [-0.25, -0.2) is 18.7 Å². The van der Waals surface area contributed by atoms with Gasteiger partial charge in [0.2, 0.25) is 11.8 Å². The lowest BCUT2D eigenvalue weighted by atomic mass is 10.1. The second-order valence-corrected chi connectivity index (χ2v) is 9.78. The fourth-order valence-corrected chi connectivity index (χ4v) is 3.91. The number of phosphoric acid groups is 1. The van der Waals surface area contributed by atoms with Gasteiger partial charge >= 0.3 is 13.9 Å². The van der Waals surface area contributed by atoms with Crippen molar-refractivity contribution >= 4 is 43.6 Å². The molecule has 2 heterocycles. The summed E-state index contributed by atoms with van der Waals surface area (Å²) >= 11 is 0. The number of carbonyl (C=O) groups excluding carboxylic acids is 3. The van der Waals surface area contributed by atoms with Gasteiger partial charge in [0.1, 0.15) is 24.3 Å².